The fourth-order valence-electron chi connectivity index (χ4n) is 2.70. The molecular formula is C18H20N2. The summed E-state index contributed by atoms with van der Waals surface area (Å²) in [6.45, 7) is 5.35. The van der Waals surface area contributed by atoms with E-state index in [1.165, 1.54) is 17.1 Å². The van der Waals surface area contributed by atoms with Crippen LogP contribution in [0.5, 0.6) is 0 Å². The third-order valence-electron chi connectivity index (χ3n) is 3.69. The van der Waals surface area contributed by atoms with Gasteiger partial charge in [0.2, 0.25) is 0 Å². The topological polar surface area (TPSA) is 15.6 Å². The Morgan fingerprint density at radius 3 is 2.15 bits per heavy atom. The van der Waals surface area contributed by atoms with E-state index in [9.17, 15) is 0 Å². The second-order valence-corrected chi connectivity index (χ2v) is 5.51. The van der Waals surface area contributed by atoms with Crippen LogP contribution in [0.1, 0.15) is 25.5 Å². The molecule has 0 saturated heterocycles. The Morgan fingerprint density at radius 1 is 0.950 bits per heavy atom. The highest BCUT2D eigenvalue weighted by atomic mass is 15.3. The number of hydrogen-bond donors (Lipinski definition) is 0. The first-order valence-corrected chi connectivity index (χ1v) is 7.21. The molecule has 3 rings (SSSR count). The lowest BCUT2D eigenvalue weighted by molar-refractivity contribution is 0.780. The van der Waals surface area contributed by atoms with Crippen molar-refractivity contribution in [1.82, 2.24) is 0 Å². The molecule has 2 nitrogen and oxygen atoms in total. The fourth-order valence-corrected chi connectivity index (χ4v) is 2.70. The zero-order valence-corrected chi connectivity index (χ0v) is 12.0. The van der Waals surface area contributed by atoms with Gasteiger partial charge in [-0.3, -0.25) is 4.99 Å². The molecule has 1 atom stereocenters. The van der Waals surface area contributed by atoms with Crippen molar-refractivity contribution in [3.63, 3.8) is 0 Å². The number of benzene rings is 2. The minimum Gasteiger partial charge on any atom is -0.327 e. The number of aliphatic imine (C=N–C) groups is 1. The zero-order chi connectivity index (χ0) is 13.9. The van der Waals surface area contributed by atoms with Crippen molar-refractivity contribution in [2.75, 3.05) is 11.4 Å². The van der Waals surface area contributed by atoms with Crippen LogP contribution in [0.3, 0.4) is 0 Å². The van der Waals surface area contributed by atoms with Crippen molar-refractivity contribution in [2.24, 2.45) is 10.9 Å². The van der Waals surface area contributed by atoms with E-state index in [0.29, 0.717) is 5.92 Å². The van der Waals surface area contributed by atoms with Gasteiger partial charge in [-0.15, -0.1) is 0 Å². The van der Waals surface area contributed by atoms with Gasteiger partial charge in [0, 0.05) is 11.6 Å². The third-order valence-corrected chi connectivity index (χ3v) is 3.69. The molecule has 0 fully saturated rings. The highest BCUT2D eigenvalue weighted by Gasteiger charge is 2.28. The Balaban J connectivity index is 1.93. The molecule has 2 aromatic rings. The molecule has 2 aromatic carbocycles. The molecular weight excluding hydrogens is 244 g/mol. The van der Waals surface area contributed by atoms with Gasteiger partial charge in [0.25, 0.3) is 0 Å². The minimum absolute atomic E-state index is 0.244. The number of rotatable bonds is 3. The predicted octanol–water partition coefficient (Wildman–Crippen LogP) is 4.30. The van der Waals surface area contributed by atoms with Crippen LogP contribution in [-0.4, -0.2) is 12.4 Å². The van der Waals surface area contributed by atoms with Gasteiger partial charge >= 0.3 is 0 Å². The molecule has 1 unspecified atom stereocenters. The van der Waals surface area contributed by atoms with Gasteiger partial charge in [0.15, 0.2) is 0 Å². The summed E-state index contributed by atoms with van der Waals surface area (Å²) in [5.41, 5.74) is 2.53. The average molecular weight is 264 g/mol. The quantitative estimate of drug-likeness (QED) is 0.807. The lowest BCUT2D eigenvalue weighted by Crippen LogP contribution is -2.31. The lowest BCUT2D eigenvalue weighted by atomic mass is 10.1. The minimum atomic E-state index is 0.244. The Kier molecular flexibility index (Phi) is 3.55. The fraction of sp³-hybridized carbons (Fsp3) is 0.278. The number of hydrogen-bond acceptors (Lipinski definition) is 2. The molecule has 2 heteroatoms. The Hall–Kier alpha value is -2.09. The van der Waals surface area contributed by atoms with Gasteiger partial charge < -0.3 is 4.90 Å². The van der Waals surface area contributed by atoms with E-state index in [2.05, 4.69) is 79.4 Å². The second-order valence-electron chi connectivity index (χ2n) is 5.51. The Labute approximate surface area is 120 Å². The maximum atomic E-state index is 4.96. The van der Waals surface area contributed by atoms with Crippen LogP contribution in [0.25, 0.3) is 0 Å². The lowest BCUT2D eigenvalue weighted by Gasteiger charge is -2.23. The van der Waals surface area contributed by atoms with Gasteiger partial charge in [-0.1, -0.05) is 62.4 Å². The van der Waals surface area contributed by atoms with Crippen LogP contribution in [0.4, 0.5) is 5.69 Å². The van der Waals surface area contributed by atoms with Crippen LogP contribution >= 0.6 is 0 Å². The van der Waals surface area contributed by atoms with Crippen molar-refractivity contribution < 1.29 is 0 Å². The number of amidine groups is 1. The molecule has 20 heavy (non-hydrogen) atoms. The summed E-state index contributed by atoms with van der Waals surface area (Å²) in [6, 6.07) is 21.4. The standard InChI is InChI=1S/C18H20N2/c1-14(2)18-19-17(15-9-5-3-6-10-15)13-20(18)16-11-7-4-8-12-16/h3-12,14,17H,13H2,1-2H3. The molecule has 102 valence electrons. The Morgan fingerprint density at radius 2 is 1.55 bits per heavy atom. The largest absolute Gasteiger partial charge is 0.327 e. The highest BCUT2D eigenvalue weighted by Crippen LogP contribution is 2.30. The first kappa shape index (κ1) is 12.9. The van der Waals surface area contributed by atoms with Crippen molar-refractivity contribution in [3.05, 3.63) is 66.2 Å². The van der Waals surface area contributed by atoms with E-state index < -0.39 is 0 Å². The summed E-state index contributed by atoms with van der Waals surface area (Å²) in [4.78, 5) is 7.31. The predicted molar refractivity (Wildman–Crippen MR) is 85.2 cm³/mol. The van der Waals surface area contributed by atoms with Gasteiger partial charge in [0.05, 0.1) is 12.6 Å². The van der Waals surface area contributed by atoms with Gasteiger partial charge in [-0.25, -0.2) is 0 Å². The summed E-state index contributed by atoms with van der Waals surface area (Å²) in [7, 11) is 0. The van der Waals surface area contributed by atoms with E-state index >= 15 is 0 Å². The van der Waals surface area contributed by atoms with E-state index in [-0.39, 0.29) is 6.04 Å². The molecule has 1 aliphatic heterocycles. The maximum Gasteiger partial charge on any atom is 0.107 e. The normalized spacial score (nSPS) is 18.4. The monoisotopic (exact) mass is 264 g/mol. The molecule has 1 heterocycles. The average Bonchev–Trinajstić information content (AvgIpc) is 2.94. The SMILES string of the molecule is CC(C)C1=NC(c2ccccc2)CN1c1ccccc1. The van der Waals surface area contributed by atoms with E-state index in [0.717, 1.165) is 6.54 Å². The number of para-hydroxylation sites is 1. The van der Waals surface area contributed by atoms with E-state index in [1.54, 1.807) is 0 Å². The van der Waals surface area contributed by atoms with Crippen molar-refractivity contribution in [2.45, 2.75) is 19.9 Å². The maximum absolute atomic E-state index is 4.96. The molecule has 1 aliphatic rings. The van der Waals surface area contributed by atoms with Gasteiger partial charge in [-0.2, -0.15) is 0 Å². The van der Waals surface area contributed by atoms with Crippen molar-refractivity contribution in [1.29, 1.82) is 0 Å². The van der Waals surface area contributed by atoms with E-state index in [1.807, 2.05) is 0 Å². The molecule has 0 aliphatic carbocycles. The summed E-state index contributed by atoms with van der Waals surface area (Å²) in [5.74, 6) is 1.62. The van der Waals surface area contributed by atoms with Crippen molar-refractivity contribution in [3.8, 4) is 0 Å². The van der Waals surface area contributed by atoms with Crippen LogP contribution in [-0.2, 0) is 0 Å². The first-order valence-electron chi connectivity index (χ1n) is 7.21. The molecule has 0 N–H and O–H groups in total. The molecule has 0 radical (unpaired) electrons. The zero-order valence-electron chi connectivity index (χ0n) is 12.0. The van der Waals surface area contributed by atoms with Crippen LogP contribution < -0.4 is 4.90 Å². The van der Waals surface area contributed by atoms with Crippen LogP contribution in [0.2, 0.25) is 0 Å². The summed E-state index contributed by atoms with van der Waals surface area (Å²) < 4.78 is 0. The van der Waals surface area contributed by atoms with Crippen molar-refractivity contribution >= 4 is 11.5 Å². The molecule has 0 spiro atoms. The number of anilines is 1. The second kappa shape index (κ2) is 5.49. The van der Waals surface area contributed by atoms with Crippen LogP contribution in [0, 0.1) is 5.92 Å². The third kappa shape index (κ3) is 2.46. The highest BCUT2D eigenvalue weighted by molar-refractivity contribution is 6.00. The molecule has 0 saturated carbocycles. The number of nitrogens with zero attached hydrogens (tertiary/aromatic N) is 2. The first-order chi connectivity index (χ1) is 9.75. The summed E-state index contributed by atoms with van der Waals surface area (Å²) >= 11 is 0. The van der Waals surface area contributed by atoms with Gasteiger partial charge in [0.1, 0.15) is 5.84 Å². The molecule has 0 bridgehead atoms. The smallest absolute Gasteiger partial charge is 0.107 e. The Bertz CT molecular complexity index is 587. The summed E-state index contributed by atoms with van der Waals surface area (Å²) in [5, 5.41) is 0. The van der Waals surface area contributed by atoms with Crippen LogP contribution in [0.15, 0.2) is 65.7 Å². The molecule has 0 aromatic heterocycles. The molecule has 0 amide bonds. The van der Waals surface area contributed by atoms with Gasteiger partial charge in [-0.05, 0) is 17.7 Å². The van der Waals surface area contributed by atoms with E-state index in [4.69, 9.17) is 4.99 Å². The summed E-state index contributed by atoms with van der Waals surface area (Å²) in [6.07, 6.45) is 0.